The van der Waals surface area contributed by atoms with Crippen LogP contribution in [0, 0.1) is 6.92 Å². The smallest absolute Gasteiger partial charge is 0.118 e. The Balaban J connectivity index is 1.67. The zero-order chi connectivity index (χ0) is 14.8. The zero-order valence-corrected chi connectivity index (χ0v) is 12.4. The van der Waals surface area contributed by atoms with Gasteiger partial charge in [0.05, 0.1) is 0 Å². The molecule has 0 radical (unpaired) electrons. The van der Waals surface area contributed by atoms with Crippen molar-refractivity contribution in [1.82, 2.24) is 0 Å². The molecule has 2 N–H and O–H groups in total. The van der Waals surface area contributed by atoms with E-state index in [0.29, 0.717) is 23.3 Å². The van der Waals surface area contributed by atoms with Crippen LogP contribution in [0.2, 0.25) is 0 Å². The van der Waals surface area contributed by atoms with Crippen molar-refractivity contribution in [2.75, 3.05) is 0 Å². The van der Waals surface area contributed by atoms with Crippen LogP contribution in [-0.2, 0) is 0 Å². The third kappa shape index (κ3) is 3.05. The lowest BCUT2D eigenvalue weighted by molar-refractivity contribution is 0.395. The van der Waals surface area contributed by atoms with Crippen LogP contribution in [0.1, 0.15) is 54.2 Å². The molecule has 0 heterocycles. The van der Waals surface area contributed by atoms with Gasteiger partial charge in [0.25, 0.3) is 0 Å². The molecular formula is C19H22O2. The molecule has 0 atom stereocenters. The lowest BCUT2D eigenvalue weighted by Crippen LogP contribution is -2.12. The third-order valence-electron chi connectivity index (χ3n) is 4.78. The molecule has 21 heavy (non-hydrogen) atoms. The molecule has 0 aromatic heterocycles. The van der Waals surface area contributed by atoms with Crippen molar-refractivity contribution in [3.63, 3.8) is 0 Å². The molecule has 2 heteroatoms. The van der Waals surface area contributed by atoms with Crippen LogP contribution in [0.4, 0.5) is 0 Å². The highest BCUT2D eigenvalue weighted by atomic mass is 16.3. The fourth-order valence-corrected chi connectivity index (χ4v) is 3.44. The number of aryl methyl sites for hydroxylation is 1. The van der Waals surface area contributed by atoms with Crippen molar-refractivity contribution in [2.45, 2.75) is 44.4 Å². The van der Waals surface area contributed by atoms with Gasteiger partial charge in [0.1, 0.15) is 11.5 Å². The van der Waals surface area contributed by atoms with E-state index in [1.807, 2.05) is 25.1 Å². The summed E-state index contributed by atoms with van der Waals surface area (Å²) in [4.78, 5) is 0. The molecule has 3 rings (SSSR count). The highest BCUT2D eigenvalue weighted by Crippen LogP contribution is 2.41. The lowest BCUT2D eigenvalue weighted by atomic mass is 9.76. The van der Waals surface area contributed by atoms with Crippen molar-refractivity contribution < 1.29 is 10.2 Å². The summed E-state index contributed by atoms with van der Waals surface area (Å²) in [6.45, 7) is 1.96. The molecule has 110 valence electrons. The lowest BCUT2D eigenvalue weighted by Gasteiger charge is -2.29. The Morgan fingerprint density at radius 2 is 1.29 bits per heavy atom. The normalized spacial score (nSPS) is 22.1. The van der Waals surface area contributed by atoms with E-state index in [1.165, 1.54) is 36.8 Å². The summed E-state index contributed by atoms with van der Waals surface area (Å²) < 4.78 is 0. The molecule has 1 aliphatic rings. The minimum atomic E-state index is 0.340. The van der Waals surface area contributed by atoms with Gasteiger partial charge in [-0.15, -0.1) is 0 Å². The first-order chi connectivity index (χ1) is 10.1. The maximum Gasteiger partial charge on any atom is 0.118 e. The largest absolute Gasteiger partial charge is 0.508 e. The van der Waals surface area contributed by atoms with Gasteiger partial charge < -0.3 is 10.2 Å². The minimum Gasteiger partial charge on any atom is -0.508 e. The zero-order valence-electron chi connectivity index (χ0n) is 12.4. The molecule has 0 aliphatic heterocycles. The average Bonchev–Trinajstić information content (AvgIpc) is 2.51. The Morgan fingerprint density at radius 3 is 1.86 bits per heavy atom. The van der Waals surface area contributed by atoms with E-state index in [4.69, 9.17) is 0 Å². The number of phenols is 2. The summed E-state index contributed by atoms with van der Waals surface area (Å²) >= 11 is 0. The van der Waals surface area contributed by atoms with Gasteiger partial charge >= 0.3 is 0 Å². The van der Waals surface area contributed by atoms with Crippen molar-refractivity contribution in [3.05, 3.63) is 59.2 Å². The molecule has 0 amide bonds. The van der Waals surface area contributed by atoms with Crippen molar-refractivity contribution in [1.29, 1.82) is 0 Å². The number of aromatic hydroxyl groups is 2. The summed E-state index contributed by atoms with van der Waals surface area (Å²) in [6.07, 6.45) is 4.76. The maximum atomic E-state index is 9.63. The summed E-state index contributed by atoms with van der Waals surface area (Å²) in [7, 11) is 0. The Kier molecular flexibility index (Phi) is 3.87. The molecule has 0 bridgehead atoms. The predicted molar refractivity (Wildman–Crippen MR) is 84.9 cm³/mol. The molecular weight excluding hydrogens is 260 g/mol. The first kappa shape index (κ1) is 14.0. The summed E-state index contributed by atoms with van der Waals surface area (Å²) in [5.74, 6) is 1.95. The van der Waals surface area contributed by atoms with E-state index in [-0.39, 0.29) is 0 Å². The first-order valence-electron chi connectivity index (χ1n) is 7.72. The minimum absolute atomic E-state index is 0.340. The van der Waals surface area contributed by atoms with Crippen LogP contribution >= 0.6 is 0 Å². The van der Waals surface area contributed by atoms with Crippen molar-refractivity contribution >= 4 is 0 Å². The van der Waals surface area contributed by atoms with E-state index in [0.717, 1.165) is 5.56 Å². The van der Waals surface area contributed by atoms with Crippen LogP contribution in [0.25, 0.3) is 0 Å². The van der Waals surface area contributed by atoms with Gasteiger partial charge in [0.2, 0.25) is 0 Å². The fourth-order valence-electron chi connectivity index (χ4n) is 3.44. The van der Waals surface area contributed by atoms with Crippen LogP contribution in [0.3, 0.4) is 0 Å². The molecule has 2 aromatic rings. The summed E-state index contributed by atoms with van der Waals surface area (Å²) in [5.41, 5.74) is 3.66. The number of phenolic OH excluding ortho intramolecular Hbond substituents is 2. The van der Waals surface area contributed by atoms with Crippen LogP contribution in [0.5, 0.6) is 11.5 Å². The van der Waals surface area contributed by atoms with E-state index in [1.54, 1.807) is 12.1 Å². The first-order valence-corrected chi connectivity index (χ1v) is 7.72. The quantitative estimate of drug-likeness (QED) is 0.826. The molecule has 2 aromatic carbocycles. The molecule has 1 saturated carbocycles. The second-order valence-electron chi connectivity index (χ2n) is 6.19. The van der Waals surface area contributed by atoms with Crippen LogP contribution in [0.15, 0.2) is 42.5 Å². The highest BCUT2D eigenvalue weighted by Gasteiger charge is 2.23. The van der Waals surface area contributed by atoms with Gasteiger partial charge in [-0.05, 0) is 79.3 Å². The number of rotatable bonds is 2. The molecule has 0 spiro atoms. The predicted octanol–water partition coefficient (Wildman–Crippen LogP) is 4.85. The summed E-state index contributed by atoms with van der Waals surface area (Å²) in [5, 5.41) is 19.0. The van der Waals surface area contributed by atoms with Gasteiger partial charge in [0, 0.05) is 0 Å². The maximum absolute atomic E-state index is 9.63. The average molecular weight is 282 g/mol. The molecule has 0 saturated heterocycles. The second-order valence-corrected chi connectivity index (χ2v) is 6.19. The molecule has 1 fully saturated rings. The fraction of sp³-hybridized carbons (Fsp3) is 0.368. The topological polar surface area (TPSA) is 40.5 Å². The SMILES string of the molecule is Cc1cc([C@H]2CC[C@H](c3ccc(O)cc3)CC2)ccc1O. The number of hydrogen-bond donors (Lipinski definition) is 2. The standard InChI is InChI=1S/C19H22O2/c1-13-12-17(8-11-19(13)21)16-4-2-14(3-5-16)15-6-9-18(20)10-7-15/h6-12,14,16,20-21H,2-5H2,1H3/t14-,16-. The monoisotopic (exact) mass is 282 g/mol. The van der Waals surface area contributed by atoms with Gasteiger partial charge in [-0.25, -0.2) is 0 Å². The molecule has 1 aliphatic carbocycles. The van der Waals surface area contributed by atoms with E-state index >= 15 is 0 Å². The Morgan fingerprint density at radius 1 is 0.762 bits per heavy atom. The Labute approximate surface area is 126 Å². The van der Waals surface area contributed by atoms with Gasteiger partial charge in [-0.1, -0.05) is 24.3 Å². The molecule has 2 nitrogen and oxygen atoms in total. The highest BCUT2D eigenvalue weighted by molar-refractivity contribution is 5.37. The molecule has 0 unspecified atom stereocenters. The van der Waals surface area contributed by atoms with Crippen molar-refractivity contribution in [2.24, 2.45) is 0 Å². The van der Waals surface area contributed by atoms with Crippen molar-refractivity contribution in [3.8, 4) is 11.5 Å². The van der Waals surface area contributed by atoms with Crippen LogP contribution < -0.4 is 0 Å². The van der Waals surface area contributed by atoms with E-state index < -0.39 is 0 Å². The Bertz CT molecular complexity index is 608. The van der Waals surface area contributed by atoms with Gasteiger partial charge in [-0.3, -0.25) is 0 Å². The third-order valence-corrected chi connectivity index (χ3v) is 4.78. The van der Waals surface area contributed by atoms with Gasteiger partial charge in [0.15, 0.2) is 0 Å². The van der Waals surface area contributed by atoms with Gasteiger partial charge in [-0.2, -0.15) is 0 Å². The summed E-state index contributed by atoms with van der Waals surface area (Å²) in [6, 6.07) is 13.7. The Hall–Kier alpha value is -1.96. The number of hydrogen-bond acceptors (Lipinski definition) is 2. The second kappa shape index (κ2) is 5.80. The van der Waals surface area contributed by atoms with E-state index in [2.05, 4.69) is 12.1 Å². The van der Waals surface area contributed by atoms with E-state index in [9.17, 15) is 10.2 Å². The number of benzene rings is 2. The van der Waals surface area contributed by atoms with Crippen LogP contribution in [-0.4, -0.2) is 10.2 Å².